The number of rotatable bonds is 4. The zero-order valence-corrected chi connectivity index (χ0v) is 16.3. The van der Waals surface area contributed by atoms with Gasteiger partial charge < -0.3 is 9.84 Å². The van der Waals surface area contributed by atoms with Crippen LogP contribution in [-0.4, -0.2) is 22.0 Å². The van der Waals surface area contributed by atoms with E-state index in [1.165, 1.54) is 6.20 Å². The molecule has 6 nitrogen and oxygen atoms in total. The van der Waals surface area contributed by atoms with Gasteiger partial charge in [0.1, 0.15) is 5.54 Å². The van der Waals surface area contributed by atoms with Crippen molar-refractivity contribution in [3.05, 3.63) is 75.9 Å². The Morgan fingerprint density at radius 1 is 1.11 bits per heavy atom. The smallest absolute Gasteiger partial charge is 0.325 e. The first-order valence-corrected chi connectivity index (χ1v) is 9.24. The largest absolute Gasteiger partial charge is 0.356 e. The summed E-state index contributed by atoms with van der Waals surface area (Å²) in [5, 5.41) is 7.67. The summed E-state index contributed by atoms with van der Waals surface area (Å²) < 4.78 is 5.34. The average Bonchev–Trinajstić information content (AvgIpc) is 3.22. The summed E-state index contributed by atoms with van der Waals surface area (Å²) >= 11 is 12.0. The molecule has 142 valence electrons. The van der Waals surface area contributed by atoms with Crippen LogP contribution in [0.2, 0.25) is 10.0 Å². The van der Waals surface area contributed by atoms with Crippen LogP contribution in [-0.2, 0) is 16.9 Å². The minimum atomic E-state index is -1.19. The summed E-state index contributed by atoms with van der Waals surface area (Å²) in [5.41, 5.74) is 0.784. The van der Waals surface area contributed by atoms with Crippen LogP contribution in [0.4, 0.5) is 4.79 Å². The van der Waals surface area contributed by atoms with Crippen LogP contribution < -0.4 is 5.32 Å². The normalized spacial score (nSPS) is 19.2. The van der Waals surface area contributed by atoms with E-state index in [0.29, 0.717) is 26.9 Å². The lowest BCUT2D eigenvalue weighted by Gasteiger charge is -2.22. The van der Waals surface area contributed by atoms with Gasteiger partial charge in [0.25, 0.3) is 5.91 Å². The molecule has 8 heteroatoms. The second-order valence-corrected chi connectivity index (χ2v) is 7.52. The van der Waals surface area contributed by atoms with E-state index in [2.05, 4.69) is 10.5 Å². The van der Waals surface area contributed by atoms with Crippen LogP contribution in [0, 0.1) is 0 Å². The molecule has 1 saturated heterocycles. The molecule has 0 radical (unpaired) electrons. The van der Waals surface area contributed by atoms with Crippen molar-refractivity contribution in [1.82, 2.24) is 15.4 Å². The SMILES string of the molecule is C[C@]1(c2cccc(Cl)c2)NC(=O)N(Cc2cnoc2-c2ccc(Cl)cc2)C1=O. The topological polar surface area (TPSA) is 75.4 Å². The lowest BCUT2D eigenvalue weighted by molar-refractivity contribution is -0.131. The van der Waals surface area contributed by atoms with Gasteiger partial charge in [0.2, 0.25) is 0 Å². The third-order valence-corrected chi connectivity index (χ3v) is 5.24. The van der Waals surface area contributed by atoms with Crippen LogP contribution in [0.1, 0.15) is 18.1 Å². The van der Waals surface area contributed by atoms with Crippen LogP contribution in [0.15, 0.2) is 59.3 Å². The number of imide groups is 1. The Hall–Kier alpha value is -2.83. The summed E-state index contributed by atoms with van der Waals surface area (Å²) in [6, 6.07) is 13.4. The molecule has 1 aliphatic heterocycles. The maximum Gasteiger partial charge on any atom is 0.325 e. The standard InChI is InChI=1S/C20H15Cl2N3O3/c1-20(14-3-2-4-16(22)9-14)18(26)25(19(27)24-20)11-13-10-23-28-17(13)12-5-7-15(21)8-6-12/h2-10H,11H2,1H3,(H,24,27)/t20-/m1/s1. The summed E-state index contributed by atoms with van der Waals surface area (Å²) in [7, 11) is 0. The van der Waals surface area contributed by atoms with Gasteiger partial charge >= 0.3 is 6.03 Å². The van der Waals surface area contributed by atoms with Crippen molar-refractivity contribution in [2.24, 2.45) is 0 Å². The van der Waals surface area contributed by atoms with E-state index >= 15 is 0 Å². The molecule has 1 atom stereocenters. The molecule has 3 aromatic rings. The first-order valence-electron chi connectivity index (χ1n) is 8.48. The number of aromatic nitrogens is 1. The zero-order chi connectivity index (χ0) is 19.9. The van der Waals surface area contributed by atoms with Gasteiger partial charge in [-0.3, -0.25) is 9.69 Å². The van der Waals surface area contributed by atoms with Gasteiger partial charge in [-0.05, 0) is 48.9 Å². The van der Waals surface area contributed by atoms with E-state index in [9.17, 15) is 9.59 Å². The molecule has 0 bridgehead atoms. The summed E-state index contributed by atoms with van der Waals surface area (Å²) in [6.07, 6.45) is 1.50. The Morgan fingerprint density at radius 3 is 2.57 bits per heavy atom. The molecule has 0 saturated carbocycles. The number of urea groups is 1. The molecule has 2 aromatic carbocycles. The monoisotopic (exact) mass is 415 g/mol. The molecule has 1 fully saturated rings. The molecule has 1 aliphatic rings. The fourth-order valence-electron chi connectivity index (χ4n) is 3.22. The second-order valence-electron chi connectivity index (χ2n) is 6.64. The highest BCUT2D eigenvalue weighted by molar-refractivity contribution is 6.31. The number of nitrogens with zero attached hydrogens (tertiary/aromatic N) is 2. The molecule has 3 amide bonds. The average molecular weight is 416 g/mol. The molecule has 0 aliphatic carbocycles. The maximum absolute atomic E-state index is 13.1. The Balaban J connectivity index is 1.63. The highest BCUT2D eigenvalue weighted by Crippen LogP contribution is 2.33. The maximum atomic E-state index is 13.1. The Bertz CT molecular complexity index is 1060. The lowest BCUT2D eigenvalue weighted by Crippen LogP contribution is -2.40. The van der Waals surface area contributed by atoms with E-state index in [-0.39, 0.29) is 12.5 Å². The van der Waals surface area contributed by atoms with Crippen LogP contribution in [0.5, 0.6) is 0 Å². The fourth-order valence-corrected chi connectivity index (χ4v) is 3.53. The molecular formula is C20H15Cl2N3O3. The molecule has 2 heterocycles. The van der Waals surface area contributed by atoms with Crippen LogP contribution >= 0.6 is 23.2 Å². The van der Waals surface area contributed by atoms with Gasteiger partial charge in [-0.15, -0.1) is 0 Å². The lowest BCUT2D eigenvalue weighted by atomic mass is 9.92. The number of amides is 3. The molecule has 0 spiro atoms. The minimum Gasteiger partial charge on any atom is -0.356 e. The van der Waals surface area contributed by atoms with Crippen molar-refractivity contribution < 1.29 is 14.1 Å². The second kappa shape index (κ2) is 6.96. The van der Waals surface area contributed by atoms with Gasteiger partial charge in [-0.25, -0.2) is 4.79 Å². The highest BCUT2D eigenvalue weighted by atomic mass is 35.5. The summed E-state index contributed by atoms with van der Waals surface area (Å²) in [4.78, 5) is 26.8. The Morgan fingerprint density at radius 2 is 1.86 bits per heavy atom. The third kappa shape index (κ3) is 3.15. The Kier molecular flexibility index (Phi) is 4.61. The van der Waals surface area contributed by atoms with E-state index in [1.807, 2.05) is 0 Å². The van der Waals surface area contributed by atoms with Gasteiger partial charge in [0, 0.05) is 21.2 Å². The summed E-state index contributed by atoms with van der Waals surface area (Å²) in [6.45, 7) is 1.69. The van der Waals surface area contributed by atoms with Gasteiger partial charge in [0.05, 0.1) is 12.7 Å². The van der Waals surface area contributed by atoms with Crippen molar-refractivity contribution in [2.75, 3.05) is 0 Å². The van der Waals surface area contributed by atoms with Crippen molar-refractivity contribution >= 4 is 35.1 Å². The quantitative estimate of drug-likeness (QED) is 0.630. The van der Waals surface area contributed by atoms with E-state index in [4.69, 9.17) is 27.7 Å². The highest BCUT2D eigenvalue weighted by Gasteiger charge is 2.49. The van der Waals surface area contributed by atoms with Crippen molar-refractivity contribution in [2.45, 2.75) is 19.0 Å². The molecule has 4 rings (SSSR count). The van der Waals surface area contributed by atoms with Crippen molar-refractivity contribution in [3.8, 4) is 11.3 Å². The van der Waals surface area contributed by atoms with E-state index < -0.39 is 11.6 Å². The Labute approximate surface area is 171 Å². The van der Waals surface area contributed by atoms with E-state index in [1.54, 1.807) is 55.5 Å². The number of carbonyl (C=O) groups is 2. The van der Waals surface area contributed by atoms with Crippen LogP contribution in [0.25, 0.3) is 11.3 Å². The van der Waals surface area contributed by atoms with Crippen molar-refractivity contribution in [1.29, 1.82) is 0 Å². The minimum absolute atomic E-state index is 0.0300. The number of halogens is 2. The number of hydrogen-bond acceptors (Lipinski definition) is 4. The number of carbonyl (C=O) groups excluding carboxylic acids is 2. The van der Waals surface area contributed by atoms with E-state index in [0.717, 1.165) is 10.5 Å². The zero-order valence-electron chi connectivity index (χ0n) is 14.8. The molecule has 28 heavy (non-hydrogen) atoms. The predicted molar refractivity (Wildman–Crippen MR) is 105 cm³/mol. The number of hydrogen-bond donors (Lipinski definition) is 1. The van der Waals surface area contributed by atoms with Crippen LogP contribution in [0.3, 0.4) is 0 Å². The van der Waals surface area contributed by atoms with Gasteiger partial charge in [0.15, 0.2) is 5.76 Å². The molecular weight excluding hydrogens is 401 g/mol. The van der Waals surface area contributed by atoms with Gasteiger partial charge in [-0.1, -0.05) is 40.5 Å². The number of benzene rings is 2. The summed E-state index contributed by atoms with van der Waals surface area (Å²) in [5.74, 6) is 0.108. The fraction of sp³-hybridized carbons (Fsp3) is 0.150. The first-order chi connectivity index (χ1) is 13.4. The van der Waals surface area contributed by atoms with Gasteiger partial charge in [-0.2, -0.15) is 0 Å². The molecule has 1 N–H and O–H groups in total. The number of nitrogens with one attached hydrogen (secondary N) is 1. The first kappa shape index (κ1) is 18.5. The predicted octanol–water partition coefficient (Wildman–Crippen LogP) is 4.62. The third-order valence-electron chi connectivity index (χ3n) is 4.76. The molecule has 0 unspecified atom stereocenters. The molecule has 1 aromatic heterocycles. The van der Waals surface area contributed by atoms with Crippen molar-refractivity contribution in [3.63, 3.8) is 0 Å².